The van der Waals surface area contributed by atoms with Crippen LogP contribution in [0.1, 0.15) is 31.4 Å². The maximum atomic E-state index is 12.4. The number of thioether (sulfide) groups is 1. The van der Waals surface area contributed by atoms with Crippen molar-refractivity contribution in [1.82, 2.24) is 0 Å². The van der Waals surface area contributed by atoms with Crippen LogP contribution in [0.25, 0.3) is 0 Å². The quantitative estimate of drug-likeness (QED) is 0.789. The van der Waals surface area contributed by atoms with Crippen molar-refractivity contribution in [3.63, 3.8) is 0 Å². The van der Waals surface area contributed by atoms with Crippen LogP contribution in [0.15, 0.2) is 47.4 Å². The predicted octanol–water partition coefficient (Wildman–Crippen LogP) is 4.25. The van der Waals surface area contributed by atoms with Crippen molar-refractivity contribution >= 4 is 35.0 Å². The number of fused-ring (bicyclic) bond motifs is 1. The molecule has 0 saturated carbocycles. The Hall–Kier alpha value is -2.27. The molecule has 5 heteroatoms. The standard InChI is InChI=1S/C20H22N2O2S/c1-13(25-19-10-8-17(9-11-19)21-14(2)23)20(24)22-18-7-6-15-4-3-5-16(15)12-18/h6-13H,3-5H2,1-2H3,(H,21,23)(H,22,24). The first-order valence-electron chi connectivity index (χ1n) is 8.48. The zero-order chi connectivity index (χ0) is 17.8. The average Bonchev–Trinajstić information content (AvgIpc) is 3.03. The number of amides is 2. The van der Waals surface area contributed by atoms with E-state index in [4.69, 9.17) is 0 Å². The summed E-state index contributed by atoms with van der Waals surface area (Å²) in [4.78, 5) is 24.5. The minimum atomic E-state index is -0.208. The number of aryl methyl sites for hydroxylation is 2. The number of hydrogen-bond acceptors (Lipinski definition) is 3. The van der Waals surface area contributed by atoms with Crippen LogP contribution in [0.3, 0.4) is 0 Å². The zero-order valence-corrected chi connectivity index (χ0v) is 15.3. The molecular formula is C20H22N2O2S. The molecule has 0 bridgehead atoms. The highest BCUT2D eigenvalue weighted by Gasteiger charge is 2.16. The van der Waals surface area contributed by atoms with Gasteiger partial charge in [-0.3, -0.25) is 9.59 Å². The molecule has 4 nitrogen and oxygen atoms in total. The number of rotatable bonds is 5. The highest BCUT2D eigenvalue weighted by atomic mass is 32.2. The Morgan fingerprint density at radius 1 is 0.960 bits per heavy atom. The van der Waals surface area contributed by atoms with E-state index < -0.39 is 0 Å². The summed E-state index contributed by atoms with van der Waals surface area (Å²) in [7, 11) is 0. The maximum absolute atomic E-state index is 12.4. The van der Waals surface area contributed by atoms with Crippen LogP contribution in [0, 0.1) is 0 Å². The van der Waals surface area contributed by atoms with Gasteiger partial charge in [0.15, 0.2) is 0 Å². The third-order valence-electron chi connectivity index (χ3n) is 4.22. The van der Waals surface area contributed by atoms with Gasteiger partial charge >= 0.3 is 0 Å². The Labute approximate surface area is 152 Å². The lowest BCUT2D eigenvalue weighted by molar-refractivity contribution is -0.115. The van der Waals surface area contributed by atoms with Crippen LogP contribution in [0.4, 0.5) is 11.4 Å². The lowest BCUT2D eigenvalue weighted by atomic mass is 10.1. The molecule has 3 rings (SSSR count). The maximum Gasteiger partial charge on any atom is 0.237 e. The van der Waals surface area contributed by atoms with E-state index >= 15 is 0 Å². The SMILES string of the molecule is CC(=O)Nc1ccc(SC(C)C(=O)Nc2ccc3c(c2)CCC3)cc1. The van der Waals surface area contributed by atoms with Crippen LogP contribution in [0.2, 0.25) is 0 Å². The normalized spacial score (nSPS) is 13.8. The lowest BCUT2D eigenvalue weighted by Crippen LogP contribution is -2.22. The molecule has 2 N–H and O–H groups in total. The number of anilines is 2. The first kappa shape index (κ1) is 17.5. The summed E-state index contributed by atoms with van der Waals surface area (Å²) < 4.78 is 0. The summed E-state index contributed by atoms with van der Waals surface area (Å²) in [5.41, 5.74) is 4.39. The van der Waals surface area contributed by atoms with Gasteiger partial charge in [0.1, 0.15) is 0 Å². The molecule has 0 spiro atoms. The van der Waals surface area contributed by atoms with Crippen LogP contribution in [0.5, 0.6) is 0 Å². The van der Waals surface area contributed by atoms with Gasteiger partial charge in [-0.05, 0) is 73.7 Å². The largest absolute Gasteiger partial charge is 0.326 e. The molecule has 2 aromatic rings. The molecule has 0 aromatic heterocycles. The average molecular weight is 354 g/mol. The number of carbonyl (C=O) groups is 2. The third-order valence-corrected chi connectivity index (χ3v) is 5.33. The lowest BCUT2D eigenvalue weighted by Gasteiger charge is -2.13. The summed E-state index contributed by atoms with van der Waals surface area (Å²) in [6.07, 6.45) is 3.45. The van der Waals surface area contributed by atoms with Crippen LogP contribution >= 0.6 is 11.8 Å². The Balaban J connectivity index is 1.58. The van der Waals surface area contributed by atoms with Crippen molar-refractivity contribution < 1.29 is 9.59 Å². The Morgan fingerprint density at radius 2 is 1.64 bits per heavy atom. The van der Waals surface area contributed by atoms with Crippen molar-refractivity contribution in [3.05, 3.63) is 53.6 Å². The first-order valence-corrected chi connectivity index (χ1v) is 9.36. The number of benzene rings is 2. The molecule has 0 aliphatic heterocycles. The van der Waals surface area contributed by atoms with Gasteiger partial charge in [0.2, 0.25) is 11.8 Å². The van der Waals surface area contributed by atoms with Crippen LogP contribution < -0.4 is 10.6 Å². The molecule has 1 aliphatic carbocycles. The van der Waals surface area contributed by atoms with Gasteiger partial charge < -0.3 is 10.6 Å². The van der Waals surface area contributed by atoms with Crippen molar-refractivity contribution in [2.24, 2.45) is 0 Å². The van der Waals surface area contributed by atoms with E-state index in [2.05, 4.69) is 22.8 Å². The van der Waals surface area contributed by atoms with Crippen molar-refractivity contribution in [2.45, 2.75) is 43.3 Å². The van der Waals surface area contributed by atoms with Crippen LogP contribution in [-0.2, 0) is 22.4 Å². The van der Waals surface area contributed by atoms with E-state index in [0.29, 0.717) is 0 Å². The first-order chi connectivity index (χ1) is 12.0. The van der Waals surface area contributed by atoms with Crippen molar-refractivity contribution in [1.29, 1.82) is 0 Å². The van der Waals surface area contributed by atoms with E-state index in [1.807, 2.05) is 37.3 Å². The van der Waals surface area contributed by atoms with Crippen molar-refractivity contribution in [3.8, 4) is 0 Å². The zero-order valence-electron chi connectivity index (χ0n) is 14.5. The fourth-order valence-corrected chi connectivity index (χ4v) is 3.84. The van der Waals surface area contributed by atoms with E-state index in [0.717, 1.165) is 29.1 Å². The molecule has 0 fully saturated rings. The third kappa shape index (κ3) is 4.63. The fraction of sp³-hybridized carbons (Fsp3) is 0.300. The molecule has 25 heavy (non-hydrogen) atoms. The summed E-state index contributed by atoms with van der Waals surface area (Å²) >= 11 is 1.50. The van der Waals surface area contributed by atoms with E-state index in [-0.39, 0.29) is 17.1 Å². The van der Waals surface area contributed by atoms with Gasteiger partial charge in [-0.1, -0.05) is 6.07 Å². The highest BCUT2D eigenvalue weighted by Crippen LogP contribution is 2.27. The molecule has 1 aliphatic rings. The summed E-state index contributed by atoms with van der Waals surface area (Å²) in [6, 6.07) is 13.7. The summed E-state index contributed by atoms with van der Waals surface area (Å²) in [6.45, 7) is 3.38. The molecule has 2 aromatic carbocycles. The van der Waals surface area contributed by atoms with Gasteiger partial charge in [0.05, 0.1) is 5.25 Å². The van der Waals surface area contributed by atoms with E-state index in [1.54, 1.807) is 0 Å². The second kappa shape index (κ2) is 7.74. The van der Waals surface area contributed by atoms with Gasteiger partial charge in [0.25, 0.3) is 0 Å². The molecule has 1 unspecified atom stereocenters. The summed E-state index contributed by atoms with van der Waals surface area (Å²) in [5, 5.41) is 5.54. The summed E-state index contributed by atoms with van der Waals surface area (Å²) in [5.74, 6) is -0.101. The monoisotopic (exact) mass is 354 g/mol. The van der Waals surface area contributed by atoms with Gasteiger partial charge in [-0.15, -0.1) is 11.8 Å². The van der Waals surface area contributed by atoms with Gasteiger partial charge in [-0.2, -0.15) is 0 Å². The van der Waals surface area contributed by atoms with Gasteiger partial charge in [-0.25, -0.2) is 0 Å². The smallest absolute Gasteiger partial charge is 0.237 e. The molecule has 0 radical (unpaired) electrons. The Bertz CT molecular complexity index is 787. The second-order valence-corrected chi connectivity index (χ2v) is 7.71. The fourth-order valence-electron chi connectivity index (χ4n) is 2.97. The molecule has 130 valence electrons. The topological polar surface area (TPSA) is 58.2 Å². The number of hydrogen-bond donors (Lipinski definition) is 2. The predicted molar refractivity (Wildman–Crippen MR) is 103 cm³/mol. The second-order valence-electron chi connectivity index (χ2n) is 6.29. The van der Waals surface area contributed by atoms with Gasteiger partial charge in [0, 0.05) is 23.2 Å². The Morgan fingerprint density at radius 3 is 2.36 bits per heavy atom. The molecule has 2 amide bonds. The van der Waals surface area contributed by atoms with Crippen molar-refractivity contribution in [2.75, 3.05) is 10.6 Å². The minimum Gasteiger partial charge on any atom is -0.326 e. The number of nitrogens with one attached hydrogen (secondary N) is 2. The van der Waals surface area contributed by atoms with E-state index in [9.17, 15) is 9.59 Å². The molecule has 0 heterocycles. The minimum absolute atomic E-state index is 0.00566. The highest BCUT2D eigenvalue weighted by molar-refractivity contribution is 8.00. The molecular weight excluding hydrogens is 332 g/mol. The Kier molecular flexibility index (Phi) is 5.43. The molecule has 1 atom stereocenters. The molecule has 0 saturated heterocycles. The van der Waals surface area contributed by atoms with Crippen LogP contribution in [-0.4, -0.2) is 17.1 Å². The number of carbonyl (C=O) groups excluding carboxylic acids is 2. The van der Waals surface area contributed by atoms with E-state index in [1.165, 1.54) is 36.2 Å².